The highest BCUT2D eigenvalue weighted by atomic mass is 32.1. The number of thiazole rings is 2. The Morgan fingerprint density at radius 2 is 1.00 bits per heavy atom. The average Bonchev–Trinajstić information content (AvgIpc) is 4.26. The number of ketones is 1. The molecule has 4 aromatic carbocycles. The minimum absolute atomic E-state index is 0.0464. The van der Waals surface area contributed by atoms with Crippen LogP contribution >= 0.6 is 22.7 Å². The summed E-state index contributed by atoms with van der Waals surface area (Å²) in [5, 5.41) is 4.77. The summed E-state index contributed by atoms with van der Waals surface area (Å²) in [6.07, 6.45) is 13.5. The molecule has 11 nitrogen and oxygen atoms in total. The van der Waals surface area contributed by atoms with Crippen molar-refractivity contribution in [1.29, 1.82) is 0 Å². The Labute approximate surface area is 402 Å². The van der Waals surface area contributed by atoms with E-state index in [4.69, 9.17) is 9.97 Å². The molecule has 6 heterocycles. The number of Topliss-reactive ketones (excluding diaryl/α,β-unsaturated/α-hetero) is 1. The lowest BCUT2D eigenvalue weighted by molar-refractivity contribution is -0.134. The van der Waals surface area contributed by atoms with E-state index in [-0.39, 0.29) is 42.0 Å². The summed E-state index contributed by atoms with van der Waals surface area (Å²) in [5.41, 5.74) is 6.81. The van der Waals surface area contributed by atoms with Crippen molar-refractivity contribution >= 4 is 46.2 Å². The summed E-state index contributed by atoms with van der Waals surface area (Å²) in [6.45, 7) is 1.20. The van der Waals surface area contributed by atoms with E-state index in [9.17, 15) is 19.2 Å². The van der Waals surface area contributed by atoms with E-state index >= 15 is 0 Å². The zero-order valence-corrected chi connectivity index (χ0v) is 38.7. The van der Waals surface area contributed by atoms with Crippen LogP contribution in [-0.2, 0) is 9.59 Å². The standard InChI is InChI=1S/C55H47N7O4S2/c63-47(39-23-27-56-28-24-39)33-44(38-9-3-1-4-10-38)54(65)61-31-7-13-45(61)52-58-34-48(67-52)40-19-15-36(16-20-40)37-17-21-41(22-18-37)49-35-59-53(68-49)46-14-8-32-62(46)55(66)50(42-11-5-2-6-12-42)60-51(64)43-25-29-57-30-26-43/h1-6,9-12,15-30,34-35,44-46,50H,7-8,13-14,31-33H2,(H,60,64)/t44-,45+,46+,50-/m1/s1. The zero-order chi connectivity index (χ0) is 46.4. The SMILES string of the molecule is O=C(C[C@@H](C(=O)N1CCC[C@H]1c1ncc(-c2ccc(-c3ccc(-c4cnc([C@@H]5CCCN5C(=O)[C@H](NC(=O)c5ccncc5)c5ccccc5)s4)cc3)cc2)s1)c1ccccc1)c1ccncc1. The molecule has 3 amide bonds. The van der Waals surface area contributed by atoms with Crippen molar-refractivity contribution in [3.8, 4) is 32.0 Å². The van der Waals surface area contributed by atoms with Gasteiger partial charge in [-0.15, -0.1) is 22.7 Å². The molecule has 1 N–H and O–H groups in total. The number of aromatic nitrogens is 4. The molecule has 13 heteroatoms. The molecule has 2 fully saturated rings. The summed E-state index contributed by atoms with van der Waals surface area (Å²) >= 11 is 3.21. The van der Waals surface area contributed by atoms with Gasteiger partial charge in [-0.2, -0.15) is 0 Å². The van der Waals surface area contributed by atoms with Crippen molar-refractivity contribution in [3.05, 3.63) is 203 Å². The van der Waals surface area contributed by atoms with Gasteiger partial charge in [-0.3, -0.25) is 29.1 Å². The third kappa shape index (κ3) is 9.53. The number of benzene rings is 4. The first-order valence-corrected chi connectivity index (χ1v) is 24.5. The maximum absolute atomic E-state index is 14.4. The van der Waals surface area contributed by atoms with E-state index in [1.54, 1.807) is 71.7 Å². The molecule has 4 atom stereocenters. The number of carbonyl (C=O) groups excluding carboxylic acids is 4. The summed E-state index contributed by atoms with van der Waals surface area (Å²) in [7, 11) is 0. The summed E-state index contributed by atoms with van der Waals surface area (Å²) in [4.78, 5) is 79.0. The van der Waals surface area contributed by atoms with Gasteiger partial charge in [-0.1, -0.05) is 109 Å². The number of amides is 3. The summed E-state index contributed by atoms with van der Waals surface area (Å²) in [5.74, 6) is -1.22. The molecule has 10 rings (SSSR count). The molecule has 2 aliphatic heterocycles. The van der Waals surface area contributed by atoms with Gasteiger partial charge in [0.1, 0.15) is 16.1 Å². The quantitative estimate of drug-likeness (QED) is 0.106. The lowest BCUT2D eigenvalue weighted by Crippen LogP contribution is -2.42. The third-order valence-corrected chi connectivity index (χ3v) is 15.1. The molecule has 2 aliphatic rings. The van der Waals surface area contributed by atoms with Crippen LogP contribution in [0.5, 0.6) is 0 Å². The second kappa shape index (κ2) is 20.2. The smallest absolute Gasteiger partial charge is 0.252 e. The van der Waals surface area contributed by atoms with Gasteiger partial charge in [0.25, 0.3) is 5.91 Å². The highest BCUT2D eigenvalue weighted by Gasteiger charge is 2.39. The lowest BCUT2D eigenvalue weighted by Gasteiger charge is -2.28. The van der Waals surface area contributed by atoms with Crippen LogP contribution in [0.1, 0.15) is 98.0 Å². The van der Waals surface area contributed by atoms with Gasteiger partial charge in [0.2, 0.25) is 11.8 Å². The fourth-order valence-corrected chi connectivity index (χ4v) is 11.4. The first kappa shape index (κ1) is 44.4. The van der Waals surface area contributed by atoms with E-state index in [2.05, 4.69) is 63.8 Å². The van der Waals surface area contributed by atoms with Crippen molar-refractivity contribution in [2.45, 2.75) is 56.1 Å². The van der Waals surface area contributed by atoms with E-state index in [0.29, 0.717) is 24.2 Å². The van der Waals surface area contributed by atoms with Crippen molar-refractivity contribution in [2.75, 3.05) is 13.1 Å². The first-order valence-electron chi connectivity index (χ1n) is 22.9. The monoisotopic (exact) mass is 933 g/mol. The minimum atomic E-state index is -0.846. The van der Waals surface area contributed by atoms with E-state index in [1.165, 1.54) is 0 Å². The lowest BCUT2D eigenvalue weighted by atomic mass is 9.90. The minimum Gasteiger partial charge on any atom is -0.336 e. The maximum atomic E-state index is 14.4. The largest absolute Gasteiger partial charge is 0.336 e. The number of likely N-dealkylation sites (tertiary alicyclic amines) is 2. The average molecular weight is 934 g/mol. The van der Waals surface area contributed by atoms with Gasteiger partial charge in [-0.25, -0.2) is 9.97 Å². The van der Waals surface area contributed by atoms with E-state index in [0.717, 1.165) is 78.8 Å². The van der Waals surface area contributed by atoms with E-state index < -0.39 is 12.0 Å². The molecular formula is C55H47N7O4S2. The molecule has 8 aromatic rings. The molecule has 2 saturated heterocycles. The Bertz CT molecular complexity index is 2810. The zero-order valence-electron chi connectivity index (χ0n) is 37.1. The molecule has 338 valence electrons. The van der Waals surface area contributed by atoms with Gasteiger partial charge in [-0.05, 0) is 83.3 Å². The topological polar surface area (TPSA) is 138 Å². The highest BCUT2D eigenvalue weighted by Crippen LogP contribution is 2.41. The molecule has 0 spiro atoms. The number of rotatable bonds is 14. The number of hydrogen-bond acceptors (Lipinski definition) is 10. The van der Waals surface area contributed by atoms with Crippen LogP contribution in [0.25, 0.3) is 32.0 Å². The summed E-state index contributed by atoms with van der Waals surface area (Å²) < 4.78 is 0. The van der Waals surface area contributed by atoms with Gasteiger partial charge < -0.3 is 15.1 Å². The number of carbonyl (C=O) groups is 4. The number of nitrogens with zero attached hydrogens (tertiary/aromatic N) is 6. The molecule has 0 radical (unpaired) electrons. The second-order valence-corrected chi connectivity index (χ2v) is 19.2. The third-order valence-electron chi connectivity index (χ3n) is 12.9. The predicted molar refractivity (Wildman–Crippen MR) is 265 cm³/mol. The van der Waals surface area contributed by atoms with Gasteiger partial charge in [0, 0.05) is 67.8 Å². The van der Waals surface area contributed by atoms with Crippen LogP contribution in [0, 0.1) is 0 Å². The molecule has 68 heavy (non-hydrogen) atoms. The molecular weight excluding hydrogens is 887 g/mol. The molecule has 0 unspecified atom stereocenters. The Morgan fingerprint density at radius 3 is 1.51 bits per heavy atom. The van der Waals surface area contributed by atoms with Crippen molar-refractivity contribution in [2.24, 2.45) is 0 Å². The molecule has 0 bridgehead atoms. The normalized spacial score (nSPS) is 16.6. The first-order chi connectivity index (χ1) is 33.4. The summed E-state index contributed by atoms with van der Waals surface area (Å²) in [6, 6.07) is 41.4. The Hall–Kier alpha value is -7.48. The van der Waals surface area contributed by atoms with Crippen LogP contribution in [0.15, 0.2) is 171 Å². The van der Waals surface area contributed by atoms with Crippen molar-refractivity contribution < 1.29 is 19.2 Å². The van der Waals surface area contributed by atoms with Crippen LogP contribution in [0.4, 0.5) is 0 Å². The van der Waals surface area contributed by atoms with Crippen LogP contribution in [-0.4, -0.2) is 66.3 Å². The van der Waals surface area contributed by atoms with Crippen molar-refractivity contribution in [3.63, 3.8) is 0 Å². The number of nitrogens with one attached hydrogen (secondary N) is 1. The number of pyridine rings is 2. The van der Waals surface area contributed by atoms with E-state index in [1.807, 2.05) is 82.9 Å². The maximum Gasteiger partial charge on any atom is 0.252 e. The van der Waals surface area contributed by atoms with Gasteiger partial charge in [0.05, 0.1) is 27.8 Å². The van der Waals surface area contributed by atoms with Crippen LogP contribution in [0.3, 0.4) is 0 Å². The van der Waals surface area contributed by atoms with Crippen LogP contribution < -0.4 is 5.32 Å². The molecule has 0 aliphatic carbocycles. The highest BCUT2D eigenvalue weighted by molar-refractivity contribution is 7.15. The second-order valence-electron chi connectivity index (χ2n) is 17.0. The van der Waals surface area contributed by atoms with Crippen LogP contribution in [0.2, 0.25) is 0 Å². The van der Waals surface area contributed by atoms with Gasteiger partial charge >= 0.3 is 0 Å². The Balaban J connectivity index is 0.800. The van der Waals surface area contributed by atoms with Crippen molar-refractivity contribution in [1.82, 2.24) is 35.1 Å². The molecule has 4 aromatic heterocycles. The fourth-order valence-electron chi connectivity index (χ4n) is 9.27. The fraction of sp³-hybridized carbons (Fsp3) is 0.200. The van der Waals surface area contributed by atoms with Gasteiger partial charge in [0.15, 0.2) is 5.78 Å². The predicted octanol–water partition coefficient (Wildman–Crippen LogP) is 10.9. The number of hydrogen-bond donors (Lipinski definition) is 1. The molecule has 0 saturated carbocycles. The Morgan fingerprint density at radius 1 is 0.544 bits per heavy atom. The Kier molecular flexibility index (Phi) is 13.2.